The third-order valence-electron chi connectivity index (χ3n) is 8.45. The minimum absolute atomic E-state index is 1.14. The van der Waals surface area contributed by atoms with Gasteiger partial charge in [-0.2, -0.15) is 0 Å². The Balaban J connectivity index is 1.21. The Morgan fingerprint density at radius 3 is 1.98 bits per heavy atom. The molecule has 0 saturated heterocycles. The summed E-state index contributed by atoms with van der Waals surface area (Å²) in [6.07, 6.45) is 0. The molecule has 0 radical (unpaired) electrons. The predicted octanol–water partition coefficient (Wildman–Crippen LogP) is 12.7. The summed E-state index contributed by atoms with van der Waals surface area (Å²) in [4.78, 5) is 2.34. The molecule has 0 amide bonds. The first-order chi connectivity index (χ1) is 21.3. The van der Waals surface area contributed by atoms with Crippen molar-refractivity contribution in [2.24, 2.45) is 0 Å². The van der Waals surface area contributed by atoms with Crippen LogP contribution in [0.5, 0.6) is 0 Å². The fourth-order valence-corrected chi connectivity index (χ4v) is 8.92. The van der Waals surface area contributed by atoms with Gasteiger partial charge < -0.3 is 4.90 Å². The van der Waals surface area contributed by atoms with E-state index in [1.54, 1.807) is 0 Å². The Hall–Kier alpha value is -4.96. The number of hydrogen-bond acceptors (Lipinski definition) is 3. The number of fused-ring (bicyclic) bond motifs is 8. The smallest absolute Gasteiger partial charge is 0.0468 e. The molecule has 0 atom stereocenters. The van der Waals surface area contributed by atoms with Gasteiger partial charge in [0.25, 0.3) is 0 Å². The number of rotatable bonds is 4. The van der Waals surface area contributed by atoms with Crippen molar-refractivity contribution < 1.29 is 0 Å². The van der Waals surface area contributed by atoms with Crippen LogP contribution in [-0.4, -0.2) is 0 Å². The molecule has 43 heavy (non-hydrogen) atoms. The molecule has 2 aromatic heterocycles. The monoisotopic (exact) mass is 583 g/mol. The van der Waals surface area contributed by atoms with E-state index < -0.39 is 0 Å². The van der Waals surface area contributed by atoms with E-state index in [0.717, 1.165) is 17.1 Å². The largest absolute Gasteiger partial charge is 0.310 e. The molecule has 7 aromatic carbocycles. The zero-order valence-corrected chi connectivity index (χ0v) is 24.8. The molecule has 0 N–H and O–H groups in total. The van der Waals surface area contributed by atoms with Crippen molar-refractivity contribution in [1.29, 1.82) is 0 Å². The molecular formula is C40H25NS2. The Bertz CT molecular complexity index is 2450. The molecule has 0 aliphatic carbocycles. The molecule has 2 heterocycles. The SMILES string of the molecule is c1ccc(N(c2ccc(-c3cccc4sc5ccc6c7ccccc7sc6c5c34)cc2)c2ccc3ccccc3c2)cc1. The lowest BCUT2D eigenvalue weighted by molar-refractivity contribution is 1.29. The second-order valence-electron chi connectivity index (χ2n) is 10.9. The lowest BCUT2D eigenvalue weighted by Crippen LogP contribution is -2.09. The van der Waals surface area contributed by atoms with Crippen LogP contribution in [-0.2, 0) is 0 Å². The summed E-state index contributed by atoms with van der Waals surface area (Å²) in [5, 5.41) is 7.94. The first-order valence-electron chi connectivity index (χ1n) is 14.5. The molecule has 0 aliphatic heterocycles. The highest BCUT2D eigenvalue weighted by Crippen LogP contribution is 2.47. The van der Waals surface area contributed by atoms with Gasteiger partial charge in [0.15, 0.2) is 0 Å². The first kappa shape index (κ1) is 24.6. The molecular weight excluding hydrogens is 559 g/mol. The van der Waals surface area contributed by atoms with E-state index in [1.807, 2.05) is 22.7 Å². The predicted molar refractivity (Wildman–Crippen MR) is 190 cm³/mol. The summed E-state index contributed by atoms with van der Waals surface area (Å²) in [5.41, 5.74) is 5.95. The zero-order valence-electron chi connectivity index (χ0n) is 23.2. The van der Waals surface area contributed by atoms with Crippen molar-refractivity contribution in [3.63, 3.8) is 0 Å². The number of nitrogens with zero attached hydrogens (tertiary/aromatic N) is 1. The quantitative estimate of drug-likeness (QED) is 0.199. The summed E-state index contributed by atoms with van der Waals surface area (Å²) >= 11 is 3.81. The summed E-state index contributed by atoms with van der Waals surface area (Å²) in [6.45, 7) is 0. The third kappa shape index (κ3) is 3.97. The van der Waals surface area contributed by atoms with Crippen LogP contribution in [0.2, 0.25) is 0 Å². The van der Waals surface area contributed by atoms with Crippen molar-refractivity contribution in [1.82, 2.24) is 0 Å². The van der Waals surface area contributed by atoms with Crippen LogP contribution >= 0.6 is 22.7 Å². The van der Waals surface area contributed by atoms with E-state index in [9.17, 15) is 0 Å². The first-order valence-corrected chi connectivity index (χ1v) is 16.1. The molecule has 0 bridgehead atoms. The van der Waals surface area contributed by atoms with Crippen molar-refractivity contribution >= 4 is 90.9 Å². The van der Waals surface area contributed by atoms with E-state index in [-0.39, 0.29) is 0 Å². The Kier molecular flexibility index (Phi) is 5.62. The van der Waals surface area contributed by atoms with Gasteiger partial charge in [-0.3, -0.25) is 0 Å². The van der Waals surface area contributed by atoms with E-state index in [0.29, 0.717) is 0 Å². The van der Waals surface area contributed by atoms with Crippen molar-refractivity contribution in [3.05, 3.63) is 152 Å². The summed E-state index contributed by atoms with van der Waals surface area (Å²) < 4.78 is 5.43. The van der Waals surface area contributed by atoms with Gasteiger partial charge in [-0.1, -0.05) is 97.1 Å². The molecule has 0 spiro atoms. The van der Waals surface area contributed by atoms with E-state index in [1.165, 1.54) is 62.2 Å². The molecule has 0 saturated carbocycles. The Morgan fingerprint density at radius 2 is 1.09 bits per heavy atom. The third-order valence-corrected chi connectivity index (χ3v) is 10.8. The van der Waals surface area contributed by atoms with Crippen molar-refractivity contribution in [3.8, 4) is 11.1 Å². The second kappa shape index (κ2) is 9.81. The van der Waals surface area contributed by atoms with Crippen LogP contribution in [0.1, 0.15) is 0 Å². The Morgan fingerprint density at radius 1 is 0.395 bits per heavy atom. The summed E-state index contributed by atoms with van der Waals surface area (Å²) in [6, 6.07) is 55.2. The maximum absolute atomic E-state index is 2.34. The van der Waals surface area contributed by atoms with E-state index in [2.05, 4.69) is 157 Å². The number of thiophene rings is 2. The Labute approximate surface area is 257 Å². The summed E-state index contributed by atoms with van der Waals surface area (Å²) in [5.74, 6) is 0. The number of hydrogen-bond donors (Lipinski definition) is 0. The van der Waals surface area contributed by atoms with Crippen LogP contribution in [0.25, 0.3) is 62.2 Å². The number of para-hydroxylation sites is 1. The van der Waals surface area contributed by atoms with Gasteiger partial charge in [-0.25, -0.2) is 0 Å². The maximum atomic E-state index is 2.34. The number of anilines is 3. The molecule has 3 heteroatoms. The van der Waals surface area contributed by atoms with Crippen molar-refractivity contribution in [2.45, 2.75) is 0 Å². The van der Waals surface area contributed by atoms with Gasteiger partial charge in [0.1, 0.15) is 0 Å². The average Bonchev–Trinajstić information content (AvgIpc) is 3.64. The van der Waals surface area contributed by atoms with Gasteiger partial charge in [-0.15, -0.1) is 22.7 Å². The summed E-state index contributed by atoms with van der Waals surface area (Å²) in [7, 11) is 0. The van der Waals surface area contributed by atoms with Crippen LogP contribution in [0, 0.1) is 0 Å². The van der Waals surface area contributed by atoms with Gasteiger partial charge in [0.2, 0.25) is 0 Å². The standard InChI is InChI=1S/C40H25NS2/c1-2-11-29(12-3-1)41(31-22-17-26-9-4-5-10-28(26)25-31)30-20-18-27(19-21-30)32-14-8-16-36-38(32)39-37(42-36)24-23-34-33-13-6-7-15-35(33)43-40(34)39/h1-25H. The lowest BCUT2D eigenvalue weighted by Gasteiger charge is -2.26. The lowest BCUT2D eigenvalue weighted by atomic mass is 9.98. The minimum atomic E-state index is 1.14. The molecule has 9 aromatic rings. The van der Waals surface area contributed by atoms with Crippen molar-refractivity contribution in [2.75, 3.05) is 4.90 Å². The van der Waals surface area contributed by atoms with Gasteiger partial charge in [0.05, 0.1) is 0 Å². The van der Waals surface area contributed by atoms with Gasteiger partial charge in [0, 0.05) is 57.4 Å². The maximum Gasteiger partial charge on any atom is 0.0468 e. The highest BCUT2D eigenvalue weighted by molar-refractivity contribution is 7.29. The number of benzene rings is 7. The second-order valence-corrected chi connectivity index (χ2v) is 13.1. The van der Waals surface area contributed by atoms with Crippen LogP contribution in [0.4, 0.5) is 17.1 Å². The van der Waals surface area contributed by atoms with Crippen LogP contribution in [0.3, 0.4) is 0 Å². The molecule has 0 unspecified atom stereocenters. The fourth-order valence-electron chi connectivity index (χ4n) is 6.46. The van der Waals surface area contributed by atoms with Crippen LogP contribution in [0.15, 0.2) is 152 Å². The molecule has 1 nitrogen and oxygen atoms in total. The molecule has 0 fully saturated rings. The molecule has 202 valence electrons. The van der Waals surface area contributed by atoms with Gasteiger partial charge in [-0.05, 0) is 76.5 Å². The topological polar surface area (TPSA) is 3.24 Å². The average molecular weight is 584 g/mol. The van der Waals surface area contributed by atoms with Gasteiger partial charge >= 0.3 is 0 Å². The van der Waals surface area contributed by atoms with E-state index in [4.69, 9.17) is 0 Å². The minimum Gasteiger partial charge on any atom is -0.310 e. The normalized spacial score (nSPS) is 11.7. The highest BCUT2D eigenvalue weighted by atomic mass is 32.1. The molecule has 0 aliphatic rings. The fraction of sp³-hybridized carbons (Fsp3) is 0. The molecule has 9 rings (SSSR count). The highest BCUT2D eigenvalue weighted by Gasteiger charge is 2.17. The van der Waals surface area contributed by atoms with E-state index >= 15 is 0 Å². The zero-order chi connectivity index (χ0) is 28.3. The van der Waals surface area contributed by atoms with Crippen LogP contribution < -0.4 is 4.90 Å².